The first-order valence-corrected chi connectivity index (χ1v) is 9.76. The van der Waals surface area contributed by atoms with E-state index in [0.717, 1.165) is 17.7 Å². The molecule has 8 heteroatoms. The summed E-state index contributed by atoms with van der Waals surface area (Å²) in [7, 11) is 1.45. The second-order valence-electron chi connectivity index (χ2n) is 6.11. The monoisotopic (exact) mass is 445 g/mol. The highest BCUT2D eigenvalue weighted by molar-refractivity contribution is 7.80. The van der Waals surface area contributed by atoms with Gasteiger partial charge in [0, 0.05) is 23.6 Å². The number of benzene rings is 2. The Bertz CT molecular complexity index is 1000. The van der Waals surface area contributed by atoms with Gasteiger partial charge in [0.05, 0.1) is 17.2 Å². The first-order valence-electron chi connectivity index (χ1n) is 8.59. The third kappa shape index (κ3) is 5.67. The molecule has 0 saturated carbocycles. The number of rotatable bonds is 5. The van der Waals surface area contributed by atoms with Crippen LogP contribution in [0.25, 0.3) is 0 Å². The van der Waals surface area contributed by atoms with Crippen LogP contribution in [0.5, 0.6) is 5.75 Å². The Kier molecular flexibility index (Phi) is 7.04. The van der Waals surface area contributed by atoms with Crippen molar-refractivity contribution in [1.29, 1.82) is 0 Å². The molecule has 0 aliphatic heterocycles. The van der Waals surface area contributed by atoms with E-state index < -0.39 is 5.91 Å². The smallest absolute Gasteiger partial charge is 0.257 e. The van der Waals surface area contributed by atoms with Gasteiger partial charge in [-0.2, -0.15) is 0 Å². The molecule has 29 heavy (non-hydrogen) atoms. The van der Waals surface area contributed by atoms with Gasteiger partial charge in [0.25, 0.3) is 5.91 Å². The fourth-order valence-electron chi connectivity index (χ4n) is 2.67. The number of carbonyl (C=O) groups is 1. The van der Waals surface area contributed by atoms with E-state index in [0.29, 0.717) is 5.75 Å². The van der Waals surface area contributed by atoms with E-state index in [1.54, 1.807) is 12.4 Å². The number of pyridine rings is 1. The van der Waals surface area contributed by atoms with Crippen LogP contribution < -0.4 is 15.4 Å². The van der Waals surface area contributed by atoms with Crippen LogP contribution in [-0.4, -0.2) is 23.1 Å². The summed E-state index contributed by atoms with van der Waals surface area (Å²) in [6.45, 7) is 0. The van der Waals surface area contributed by atoms with E-state index in [1.165, 1.54) is 24.8 Å². The standard InChI is InChI=1S/C21H17Cl2N3O2S/c1-28-19-17(22)11-15(12-18(19)23)20(27)26-21(29)25-16-4-2-13(3-5-16)10-14-6-8-24-9-7-14/h2-9,11-12H,10H2,1H3,(H2,25,26,27,29). The fourth-order valence-corrected chi connectivity index (χ4v) is 3.52. The minimum Gasteiger partial charge on any atom is -0.494 e. The van der Waals surface area contributed by atoms with Gasteiger partial charge in [-0.05, 0) is 66.2 Å². The molecule has 1 amide bonds. The molecule has 0 fully saturated rings. The molecule has 0 radical (unpaired) electrons. The molecule has 148 valence electrons. The molecule has 0 unspecified atom stereocenters. The molecular weight excluding hydrogens is 429 g/mol. The predicted molar refractivity (Wildman–Crippen MR) is 120 cm³/mol. The van der Waals surface area contributed by atoms with E-state index in [1.807, 2.05) is 36.4 Å². The highest BCUT2D eigenvalue weighted by atomic mass is 35.5. The van der Waals surface area contributed by atoms with Crippen LogP contribution in [0.1, 0.15) is 21.5 Å². The number of hydrogen-bond acceptors (Lipinski definition) is 4. The Morgan fingerprint density at radius 2 is 1.62 bits per heavy atom. The van der Waals surface area contributed by atoms with Crippen LogP contribution in [-0.2, 0) is 6.42 Å². The lowest BCUT2D eigenvalue weighted by Gasteiger charge is -2.12. The molecule has 0 spiro atoms. The van der Waals surface area contributed by atoms with Crippen molar-refractivity contribution in [2.75, 3.05) is 12.4 Å². The molecule has 3 rings (SSSR count). The minimum absolute atomic E-state index is 0.167. The summed E-state index contributed by atoms with van der Waals surface area (Å²) in [5.74, 6) is -0.110. The van der Waals surface area contributed by atoms with Crippen LogP contribution in [0.3, 0.4) is 0 Å². The summed E-state index contributed by atoms with van der Waals surface area (Å²) in [6, 6.07) is 14.7. The fraction of sp³-hybridized carbons (Fsp3) is 0.0952. The summed E-state index contributed by atoms with van der Waals surface area (Å²) in [4.78, 5) is 16.4. The lowest BCUT2D eigenvalue weighted by molar-refractivity contribution is 0.0977. The van der Waals surface area contributed by atoms with Gasteiger partial charge in [-0.25, -0.2) is 0 Å². The zero-order chi connectivity index (χ0) is 20.8. The second kappa shape index (κ2) is 9.69. The number of halogens is 2. The molecule has 0 saturated heterocycles. The average Bonchev–Trinajstić information content (AvgIpc) is 2.70. The Hall–Kier alpha value is -2.67. The summed E-state index contributed by atoms with van der Waals surface area (Å²) >= 11 is 17.4. The van der Waals surface area contributed by atoms with E-state index in [-0.39, 0.29) is 20.7 Å². The Labute approximate surface area is 184 Å². The van der Waals surface area contributed by atoms with Crippen LogP contribution >= 0.6 is 35.4 Å². The number of ether oxygens (including phenoxy) is 1. The normalized spacial score (nSPS) is 10.3. The number of methoxy groups -OCH3 is 1. The maximum Gasteiger partial charge on any atom is 0.257 e. The van der Waals surface area contributed by atoms with E-state index >= 15 is 0 Å². The molecule has 0 aliphatic carbocycles. The maximum atomic E-state index is 12.4. The lowest BCUT2D eigenvalue weighted by atomic mass is 10.1. The van der Waals surface area contributed by atoms with Crippen molar-refractivity contribution in [2.45, 2.75) is 6.42 Å². The number of anilines is 1. The molecule has 3 aromatic rings. The van der Waals surface area contributed by atoms with Gasteiger partial charge >= 0.3 is 0 Å². The zero-order valence-electron chi connectivity index (χ0n) is 15.4. The van der Waals surface area contributed by atoms with E-state index in [4.69, 9.17) is 40.2 Å². The molecule has 2 N–H and O–H groups in total. The highest BCUT2D eigenvalue weighted by Gasteiger charge is 2.14. The van der Waals surface area contributed by atoms with Crippen LogP contribution in [0.15, 0.2) is 60.9 Å². The van der Waals surface area contributed by atoms with Crippen molar-refractivity contribution in [3.05, 3.63) is 87.7 Å². The lowest BCUT2D eigenvalue weighted by Crippen LogP contribution is -2.34. The van der Waals surface area contributed by atoms with Gasteiger partial charge in [-0.3, -0.25) is 15.1 Å². The third-order valence-corrected chi connectivity index (χ3v) is 4.83. The van der Waals surface area contributed by atoms with Gasteiger partial charge in [0.2, 0.25) is 0 Å². The summed E-state index contributed by atoms with van der Waals surface area (Å²) in [5.41, 5.74) is 3.37. The van der Waals surface area contributed by atoms with Gasteiger partial charge in [-0.15, -0.1) is 0 Å². The maximum absolute atomic E-state index is 12.4. The summed E-state index contributed by atoms with van der Waals surface area (Å²) in [6.07, 6.45) is 4.36. The predicted octanol–water partition coefficient (Wildman–Crippen LogP) is 5.11. The molecular formula is C21H17Cl2N3O2S. The van der Waals surface area contributed by atoms with Crippen LogP contribution in [0.2, 0.25) is 10.0 Å². The molecule has 1 aromatic heterocycles. The van der Waals surface area contributed by atoms with Crippen molar-refractivity contribution in [3.63, 3.8) is 0 Å². The summed E-state index contributed by atoms with van der Waals surface area (Å²) < 4.78 is 5.08. The van der Waals surface area contributed by atoms with Crippen molar-refractivity contribution in [3.8, 4) is 5.75 Å². The number of nitrogens with one attached hydrogen (secondary N) is 2. The molecule has 5 nitrogen and oxygen atoms in total. The molecule has 2 aromatic carbocycles. The minimum atomic E-state index is -0.428. The molecule has 0 bridgehead atoms. The largest absolute Gasteiger partial charge is 0.494 e. The molecule has 0 aliphatic rings. The molecule has 0 atom stereocenters. The number of thiocarbonyl (C=S) groups is 1. The van der Waals surface area contributed by atoms with Crippen molar-refractivity contribution >= 4 is 52.1 Å². The quantitative estimate of drug-likeness (QED) is 0.533. The summed E-state index contributed by atoms with van der Waals surface area (Å²) in [5, 5.41) is 6.25. The SMILES string of the molecule is COc1c(Cl)cc(C(=O)NC(=S)Nc2ccc(Cc3ccncc3)cc2)cc1Cl. The van der Waals surface area contributed by atoms with Crippen molar-refractivity contribution in [1.82, 2.24) is 10.3 Å². The third-order valence-electron chi connectivity index (χ3n) is 4.06. The van der Waals surface area contributed by atoms with Crippen LogP contribution in [0.4, 0.5) is 5.69 Å². The van der Waals surface area contributed by atoms with Gasteiger partial charge in [0.1, 0.15) is 0 Å². The zero-order valence-corrected chi connectivity index (χ0v) is 17.7. The van der Waals surface area contributed by atoms with E-state index in [2.05, 4.69) is 15.6 Å². The van der Waals surface area contributed by atoms with Crippen LogP contribution in [0, 0.1) is 0 Å². The number of nitrogens with zero attached hydrogens (tertiary/aromatic N) is 1. The number of carbonyl (C=O) groups excluding carboxylic acids is 1. The van der Waals surface area contributed by atoms with Gasteiger partial charge in [-0.1, -0.05) is 35.3 Å². The van der Waals surface area contributed by atoms with E-state index in [9.17, 15) is 4.79 Å². The Morgan fingerprint density at radius 1 is 1.03 bits per heavy atom. The first kappa shape index (κ1) is 21.0. The Morgan fingerprint density at radius 3 is 2.21 bits per heavy atom. The van der Waals surface area contributed by atoms with Crippen molar-refractivity contribution < 1.29 is 9.53 Å². The number of hydrogen-bond donors (Lipinski definition) is 2. The average molecular weight is 446 g/mol. The number of aromatic nitrogens is 1. The van der Waals surface area contributed by atoms with Gasteiger partial charge in [0.15, 0.2) is 10.9 Å². The highest BCUT2D eigenvalue weighted by Crippen LogP contribution is 2.33. The second-order valence-corrected chi connectivity index (χ2v) is 7.33. The first-order chi connectivity index (χ1) is 14.0. The number of amides is 1. The van der Waals surface area contributed by atoms with Gasteiger partial charge < -0.3 is 10.1 Å². The Balaban J connectivity index is 1.60. The molecule has 1 heterocycles. The van der Waals surface area contributed by atoms with Crippen molar-refractivity contribution in [2.24, 2.45) is 0 Å². The topological polar surface area (TPSA) is 63.2 Å².